The van der Waals surface area contributed by atoms with Crippen molar-refractivity contribution < 1.29 is 23.7 Å². The third kappa shape index (κ3) is 10.0. The van der Waals surface area contributed by atoms with E-state index >= 15 is 0 Å². The maximum atomic E-state index is 11.9. The van der Waals surface area contributed by atoms with E-state index in [9.17, 15) is 4.79 Å². The Morgan fingerprint density at radius 2 is 1.38 bits per heavy atom. The molecule has 0 aliphatic carbocycles. The Balaban J connectivity index is 1.51. The molecule has 1 aromatic heterocycles. The molecule has 0 N–H and O–H groups in total. The smallest absolute Gasteiger partial charge is 0.311 e. The minimum Gasteiger partial charge on any atom is -0.494 e. The maximum absolute atomic E-state index is 11.9. The van der Waals surface area contributed by atoms with Crippen LogP contribution in [0.3, 0.4) is 0 Å². The van der Waals surface area contributed by atoms with E-state index in [0.717, 1.165) is 55.8 Å². The van der Waals surface area contributed by atoms with Crippen LogP contribution in [0.25, 0.3) is 0 Å². The summed E-state index contributed by atoms with van der Waals surface area (Å²) in [5.41, 5.74) is -0.443. The number of aromatic nitrogens is 1. The summed E-state index contributed by atoms with van der Waals surface area (Å²) in [4.78, 5) is 15.9. The van der Waals surface area contributed by atoms with Gasteiger partial charge in [0.2, 0.25) is 0 Å². The van der Waals surface area contributed by atoms with Crippen molar-refractivity contribution in [2.75, 3.05) is 26.4 Å². The molecule has 2 aromatic rings. The third-order valence-electron chi connectivity index (χ3n) is 5.08. The molecule has 0 radical (unpaired) electrons. The van der Waals surface area contributed by atoms with Gasteiger partial charge in [-0.25, -0.2) is 0 Å². The highest BCUT2D eigenvalue weighted by Gasteiger charge is 2.28. The number of hydrogen-bond acceptors (Lipinski definition) is 6. The first-order valence-corrected chi connectivity index (χ1v) is 11.6. The first-order valence-electron chi connectivity index (χ1n) is 11.6. The van der Waals surface area contributed by atoms with Crippen molar-refractivity contribution >= 4 is 5.97 Å². The van der Waals surface area contributed by atoms with Crippen molar-refractivity contribution in [2.45, 2.75) is 59.3 Å². The van der Waals surface area contributed by atoms with E-state index in [1.54, 1.807) is 12.4 Å². The van der Waals surface area contributed by atoms with E-state index in [2.05, 4.69) is 4.98 Å². The monoisotopic (exact) mass is 443 g/mol. The average Bonchev–Trinajstić information content (AvgIpc) is 2.80. The number of benzene rings is 1. The normalized spacial score (nSPS) is 11.1. The zero-order valence-electron chi connectivity index (χ0n) is 19.7. The van der Waals surface area contributed by atoms with E-state index in [-0.39, 0.29) is 5.97 Å². The van der Waals surface area contributed by atoms with Gasteiger partial charge in [-0.3, -0.25) is 9.78 Å². The van der Waals surface area contributed by atoms with Crippen LogP contribution in [0.1, 0.15) is 59.3 Å². The van der Waals surface area contributed by atoms with Crippen LogP contribution in [0.5, 0.6) is 17.2 Å². The number of carbonyl (C=O) groups is 1. The third-order valence-corrected chi connectivity index (χ3v) is 5.08. The Morgan fingerprint density at radius 1 is 0.812 bits per heavy atom. The predicted octanol–water partition coefficient (Wildman–Crippen LogP) is 5.85. The summed E-state index contributed by atoms with van der Waals surface area (Å²) in [5.74, 6) is 2.36. The van der Waals surface area contributed by atoms with Crippen LogP contribution in [-0.2, 0) is 9.53 Å². The standard InChI is InChI=1S/C26H37NO5/c1-4-29-25(28)26(2,3)16-6-9-20-31-23-14-12-22(13-15-23)30-18-7-5-8-19-32-24-11-10-17-27-21-24/h10-15,17,21H,4-9,16,18-20H2,1-3H3. The molecule has 0 unspecified atom stereocenters. The molecule has 0 aliphatic rings. The minimum absolute atomic E-state index is 0.130. The van der Waals surface area contributed by atoms with Crippen LogP contribution in [0.4, 0.5) is 0 Å². The maximum Gasteiger partial charge on any atom is 0.311 e. The summed E-state index contributed by atoms with van der Waals surface area (Å²) >= 11 is 0. The number of nitrogens with zero attached hydrogens (tertiary/aromatic N) is 1. The lowest BCUT2D eigenvalue weighted by Crippen LogP contribution is -2.26. The van der Waals surface area contributed by atoms with E-state index < -0.39 is 5.41 Å². The van der Waals surface area contributed by atoms with Crippen LogP contribution < -0.4 is 14.2 Å². The molecular formula is C26H37NO5. The lowest BCUT2D eigenvalue weighted by atomic mass is 9.87. The number of ether oxygens (including phenoxy) is 4. The molecule has 2 rings (SSSR count). The number of rotatable bonds is 16. The summed E-state index contributed by atoms with van der Waals surface area (Å²) in [6.07, 6.45) is 9.08. The SMILES string of the molecule is CCOC(=O)C(C)(C)CCCCOc1ccc(OCCCCCOc2cccnc2)cc1. The molecule has 0 amide bonds. The summed E-state index contributed by atoms with van der Waals surface area (Å²) < 4.78 is 22.4. The molecule has 176 valence electrons. The van der Waals surface area contributed by atoms with Gasteiger partial charge in [0.15, 0.2) is 0 Å². The van der Waals surface area contributed by atoms with Crippen molar-refractivity contribution in [2.24, 2.45) is 5.41 Å². The highest BCUT2D eigenvalue weighted by atomic mass is 16.5. The zero-order valence-corrected chi connectivity index (χ0v) is 19.7. The van der Waals surface area contributed by atoms with E-state index in [4.69, 9.17) is 18.9 Å². The second-order valence-electron chi connectivity index (χ2n) is 8.33. The molecule has 0 saturated heterocycles. The highest BCUT2D eigenvalue weighted by molar-refractivity contribution is 5.75. The topological polar surface area (TPSA) is 66.9 Å². The number of esters is 1. The lowest BCUT2D eigenvalue weighted by molar-refractivity contribution is -0.153. The van der Waals surface area contributed by atoms with Crippen LogP contribution in [-0.4, -0.2) is 37.4 Å². The van der Waals surface area contributed by atoms with Gasteiger partial charge in [0.05, 0.1) is 38.0 Å². The van der Waals surface area contributed by atoms with Gasteiger partial charge in [-0.15, -0.1) is 0 Å². The van der Waals surface area contributed by atoms with E-state index in [0.29, 0.717) is 26.4 Å². The first kappa shape index (κ1) is 25.5. The van der Waals surface area contributed by atoms with Crippen molar-refractivity contribution in [1.82, 2.24) is 4.98 Å². The molecule has 6 heteroatoms. The largest absolute Gasteiger partial charge is 0.494 e. The molecule has 1 heterocycles. The molecule has 6 nitrogen and oxygen atoms in total. The molecule has 0 aliphatic heterocycles. The lowest BCUT2D eigenvalue weighted by Gasteiger charge is -2.21. The van der Waals surface area contributed by atoms with E-state index in [1.807, 2.05) is 57.2 Å². The average molecular weight is 444 g/mol. The summed E-state index contributed by atoms with van der Waals surface area (Å²) in [7, 11) is 0. The molecule has 0 spiro atoms. The van der Waals surface area contributed by atoms with Gasteiger partial charge in [-0.05, 0) is 95.7 Å². The van der Waals surface area contributed by atoms with Crippen molar-refractivity contribution in [3.63, 3.8) is 0 Å². The molecule has 0 saturated carbocycles. The van der Waals surface area contributed by atoms with Crippen molar-refractivity contribution in [1.29, 1.82) is 0 Å². The molecular weight excluding hydrogens is 406 g/mol. The van der Waals surface area contributed by atoms with Crippen molar-refractivity contribution in [3.8, 4) is 17.2 Å². The number of unbranched alkanes of at least 4 members (excludes halogenated alkanes) is 3. The van der Waals surface area contributed by atoms with Crippen LogP contribution in [0.2, 0.25) is 0 Å². The van der Waals surface area contributed by atoms with Gasteiger partial charge < -0.3 is 18.9 Å². The van der Waals surface area contributed by atoms with Gasteiger partial charge in [0, 0.05) is 6.20 Å². The number of carbonyl (C=O) groups excluding carboxylic acids is 1. The van der Waals surface area contributed by atoms with Crippen molar-refractivity contribution in [3.05, 3.63) is 48.8 Å². The fourth-order valence-electron chi connectivity index (χ4n) is 3.11. The highest BCUT2D eigenvalue weighted by Crippen LogP contribution is 2.25. The second-order valence-corrected chi connectivity index (χ2v) is 8.33. The molecule has 32 heavy (non-hydrogen) atoms. The Morgan fingerprint density at radius 3 is 1.91 bits per heavy atom. The fourth-order valence-corrected chi connectivity index (χ4v) is 3.11. The Kier molecular flexibility index (Phi) is 11.4. The molecule has 1 aromatic carbocycles. The predicted molar refractivity (Wildman–Crippen MR) is 125 cm³/mol. The van der Waals surface area contributed by atoms with E-state index in [1.165, 1.54) is 0 Å². The molecule has 0 bridgehead atoms. The van der Waals surface area contributed by atoms with Crippen LogP contribution in [0, 0.1) is 5.41 Å². The molecule has 0 fully saturated rings. The quantitative estimate of drug-likeness (QED) is 0.240. The van der Waals surface area contributed by atoms with Gasteiger partial charge >= 0.3 is 5.97 Å². The Hall–Kier alpha value is -2.76. The van der Waals surface area contributed by atoms with Crippen LogP contribution in [0.15, 0.2) is 48.8 Å². The Bertz CT molecular complexity index is 762. The van der Waals surface area contributed by atoms with Gasteiger partial charge in [-0.1, -0.05) is 0 Å². The minimum atomic E-state index is -0.443. The summed E-state index contributed by atoms with van der Waals surface area (Å²) in [6, 6.07) is 11.5. The van der Waals surface area contributed by atoms with Crippen LogP contribution >= 0.6 is 0 Å². The summed E-state index contributed by atoms with van der Waals surface area (Å²) in [5, 5.41) is 0. The number of hydrogen-bond donors (Lipinski definition) is 0. The molecule has 0 atom stereocenters. The zero-order chi connectivity index (χ0) is 23.1. The summed E-state index contributed by atoms with van der Waals surface area (Å²) in [6.45, 7) is 8.12. The fraction of sp³-hybridized carbons (Fsp3) is 0.538. The van der Waals surface area contributed by atoms with Gasteiger partial charge in [0.1, 0.15) is 17.2 Å². The first-order chi connectivity index (χ1) is 15.5. The Labute approximate surface area is 192 Å². The number of pyridine rings is 1. The van der Waals surface area contributed by atoms with Gasteiger partial charge in [-0.2, -0.15) is 0 Å². The van der Waals surface area contributed by atoms with Gasteiger partial charge in [0.25, 0.3) is 0 Å². The second kappa shape index (κ2) is 14.3.